The van der Waals surface area contributed by atoms with E-state index in [1.165, 1.54) is 0 Å². The monoisotopic (exact) mass is 468 g/mol. The summed E-state index contributed by atoms with van der Waals surface area (Å²) in [5.41, 5.74) is 8.57. The molecule has 2 aromatic carbocycles. The van der Waals surface area contributed by atoms with Crippen LogP contribution in [0.15, 0.2) is 46.9 Å². The number of nitrogens with zero attached hydrogens (tertiary/aromatic N) is 4. The third-order valence-corrected chi connectivity index (χ3v) is 5.96. The molecule has 1 fully saturated rings. The molecule has 1 aliphatic rings. The first-order valence-electron chi connectivity index (χ1n) is 10.6. The molecule has 0 radical (unpaired) electrons. The first-order valence-corrected chi connectivity index (χ1v) is 11.0. The summed E-state index contributed by atoms with van der Waals surface area (Å²) in [6.45, 7) is 6.86. The lowest BCUT2D eigenvalue weighted by Gasteiger charge is -2.40. The van der Waals surface area contributed by atoms with Gasteiger partial charge in [-0.1, -0.05) is 34.9 Å². The molecule has 10 heteroatoms. The van der Waals surface area contributed by atoms with Crippen molar-refractivity contribution in [3.63, 3.8) is 0 Å². The first-order chi connectivity index (χ1) is 15.8. The molecule has 3 aromatic rings. The number of benzene rings is 2. The summed E-state index contributed by atoms with van der Waals surface area (Å²) in [5, 5.41) is 11.0. The Balaban J connectivity index is 1.45. The topological polar surface area (TPSA) is 118 Å². The average Bonchev–Trinajstić information content (AvgIpc) is 3.26. The quantitative estimate of drug-likeness (QED) is 0.570. The van der Waals surface area contributed by atoms with Gasteiger partial charge >= 0.3 is 17.8 Å². The van der Waals surface area contributed by atoms with Gasteiger partial charge < -0.3 is 20.4 Å². The standard InChI is InChI=1S/C23H25ClN6O3/c1-14-12-29(8-9-30(14)22(32)16-6-4-3-5-7-16)13-17-10-18(24)11-19(15(17)2)26-23-28-27-21(33-23)20(25)31/h3-7,10-11,14H,8-9,12-13H2,1-2H3,(H2,25,31)(H,26,28)/t14-/m0/s1. The van der Waals surface area contributed by atoms with Gasteiger partial charge in [0.15, 0.2) is 0 Å². The number of nitrogens with one attached hydrogen (secondary N) is 1. The lowest BCUT2D eigenvalue weighted by atomic mass is 10.0. The van der Waals surface area contributed by atoms with E-state index in [9.17, 15) is 9.59 Å². The second-order valence-corrected chi connectivity index (χ2v) is 8.52. The Morgan fingerprint density at radius 2 is 1.97 bits per heavy atom. The molecule has 4 rings (SSSR count). The highest BCUT2D eigenvalue weighted by Gasteiger charge is 2.28. The molecular weight excluding hydrogens is 444 g/mol. The summed E-state index contributed by atoms with van der Waals surface area (Å²) in [5.74, 6) is -1.00. The number of rotatable bonds is 6. The molecule has 33 heavy (non-hydrogen) atoms. The van der Waals surface area contributed by atoms with Gasteiger partial charge in [0, 0.05) is 48.5 Å². The highest BCUT2D eigenvalue weighted by atomic mass is 35.5. The summed E-state index contributed by atoms with van der Waals surface area (Å²) in [7, 11) is 0. The molecule has 2 heterocycles. The summed E-state index contributed by atoms with van der Waals surface area (Å²) in [4.78, 5) is 28.3. The van der Waals surface area contributed by atoms with Gasteiger partial charge in [0.05, 0.1) is 0 Å². The maximum atomic E-state index is 12.9. The van der Waals surface area contributed by atoms with Crippen molar-refractivity contribution in [1.82, 2.24) is 20.0 Å². The third-order valence-electron chi connectivity index (χ3n) is 5.74. The Morgan fingerprint density at radius 1 is 1.21 bits per heavy atom. The van der Waals surface area contributed by atoms with Crippen molar-refractivity contribution in [3.8, 4) is 0 Å². The average molecular weight is 469 g/mol. The molecule has 0 spiro atoms. The number of carbonyl (C=O) groups is 2. The summed E-state index contributed by atoms with van der Waals surface area (Å²) >= 11 is 6.37. The van der Waals surface area contributed by atoms with E-state index in [2.05, 4.69) is 27.3 Å². The van der Waals surface area contributed by atoms with Gasteiger partial charge in [-0.15, -0.1) is 5.10 Å². The number of halogens is 1. The Kier molecular flexibility index (Phi) is 6.62. The highest BCUT2D eigenvalue weighted by molar-refractivity contribution is 6.31. The van der Waals surface area contributed by atoms with Gasteiger partial charge in [0.2, 0.25) is 0 Å². The van der Waals surface area contributed by atoms with Gasteiger partial charge in [-0.05, 0) is 49.2 Å². The van der Waals surface area contributed by atoms with Gasteiger partial charge in [0.1, 0.15) is 0 Å². The maximum absolute atomic E-state index is 12.9. The number of carbonyl (C=O) groups excluding carboxylic acids is 2. The minimum atomic E-state index is -0.793. The van der Waals surface area contributed by atoms with Crippen molar-refractivity contribution in [3.05, 3.63) is 70.1 Å². The van der Waals surface area contributed by atoms with Crippen molar-refractivity contribution in [1.29, 1.82) is 0 Å². The van der Waals surface area contributed by atoms with Gasteiger partial charge in [0.25, 0.3) is 5.91 Å². The minimum absolute atomic E-state index is 0.0572. The molecule has 0 bridgehead atoms. The van der Waals surface area contributed by atoms with Crippen LogP contribution in [0.1, 0.15) is 39.1 Å². The number of anilines is 2. The molecule has 1 aromatic heterocycles. The lowest BCUT2D eigenvalue weighted by Crippen LogP contribution is -2.53. The lowest BCUT2D eigenvalue weighted by molar-refractivity contribution is 0.0475. The zero-order chi connectivity index (χ0) is 23.5. The van der Waals surface area contributed by atoms with E-state index in [-0.39, 0.29) is 23.9 Å². The molecule has 1 saturated heterocycles. The highest BCUT2D eigenvalue weighted by Crippen LogP contribution is 2.29. The van der Waals surface area contributed by atoms with Crippen LogP contribution in [-0.2, 0) is 6.54 Å². The predicted octanol–water partition coefficient (Wildman–Crippen LogP) is 3.22. The number of hydrogen-bond donors (Lipinski definition) is 2. The first kappa shape index (κ1) is 22.8. The van der Waals surface area contributed by atoms with Crippen LogP contribution in [0.4, 0.5) is 11.7 Å². The number of hydrogen-bond acceptors (Lipinski definition) is 7. The third kappa shape index (κ3) is 5.15. The number of amides is 2. The molecule has 0 unspecified atom stereocenters. The van der Waals surface area contributed by atoms with Gasteiger partial charge in [-0.3, -0.25) is 14.5 Å². The molecule has 3 N–H and O–H groups in total. The number of piperazine rings is 1. The van der Waals surface area contributed by atoms with E-state index >= 15 is 0 Å². The fraction of sp³-hybridized carbons (Fsp3) is 0.304. The Morgan fingerprint density at radius 3 is 2.64 bits per heavy atom. The molecule has 0 saturated carbocycles. The normalized spacial score (nSPS) is 16.6. The van der Waals surface area contributed by atoms with Crippen LogP contribution in [-0.4, -0.2) is 57.5 Å². The minimum Gasteiger partial charge on any atom is -0.399 e. The van der Waals surface area contributed by atoms with Gasteiger partial charge in [-0.25, -0.2) is 0 Å². The van der Waals surface area contributed by atoms with Crippen molar-refractivity contribution in [2.45, 2.75) is 26.4 Å². The molecule has 9 nitrogen and oxygen atoms in total. The van der Waals surface area contributed by atoms with E-state index in [1.807, 2.05) is 48.2 Å². The summed E-state index contributed by atoms with van der Waals surface area (Å²) < 4.78 is 5.22. The largest absolute Gasteiger partial charge is 0.399 e. The molecule has 0 aliphatic carbocycles. The van der Waals surface area contributed by atoms with Crippen molar-refractivity contribution in [2.24, 2.45) is 5.73 Å². The number of primary amides is 1. The van der Waals surface area contributed by atoms with E-state index in [0.717, 1.165) is 24.2 Å². The van der Waals surface area contributed by atoms with Crippen LogP contribution >= 0.6 is 11.6 Å². The fourth-order valence-electron chi connectivity index (χ4n) is 3.98. The zero-order valence-electron chi connectivity index (χ0n) is 18.4. The molecule has 172 valence electrons. The molecule has 1 atom stereocenters. The van der Waals surface area contributed by atoms with Crippen LogP contribution in [0.25, 0.3) is 0 Å². The van der Waals surface area contributed by atoms with E-state index in [1.54, 1.807) is 6.07 Å². The molecular formula is C23H25ClN6O3. The van der Waals surface area contributed by atoms with Crippen LogP contribution < -0.4 is 11.1 Å². The van der Waals surface area contributed by atoms with E-state index < -0.39 is 5.91 Å². The van der Waals surface area contributed by atoms with E-state index in [0.29, 0.717) is 29.4 Å². The second-order valence-electron chi connectivity index (χ2n) is 8.09. The zero-order valence-corrected chi connectivity index (χ0v) is 19.2. The van der Waals surface area contributed by atoms with Crippen molar-refractivity contribution >= 4 is 35.1 Å². The summed E-state index contributed by atoms with van der Waals surface area (Å²) in [6, 6.07) is 13.2. The second kappa shape index (κ2) is 9.60. The fourth-order valence-corrected chi connectivity index (χ4v) is 4.22. The van der Waals surface area contributed by atoms with E-state index in [4.69, 9.17) is 21.8 Å². The SMILES string of the molecule is Cc1c(CN2CCN(C(=O)c3ccccc3)[C@@H](C)C2)cc(Cl)cc1Nc1nnc(C(N)=O)o1. The molecule has 2 amide bonds. The Bertz CT molecular complexity index is 1170. The van der Waals surface area contributed by atoms with Crippen molar-refractivity contribution < 1.29 is 14.0 Å². The Labute approximate surface area is 196 Å². The van der Waals surface area contributed by atoms with Crippen molar-refractivity contribution in [2.75, 3.05) is 25.0 Å². The van der Waals surface area contributed by atoms with Crippen LogP contribution in [0.3, 0.4) is 0 Å². The Hall–Kier alpha value is -3.43. The number of nitrogens with two attached hydrogens (primary N) is 1. The van der Waals surface area contributed by atoms with Gasteiger partial charge in [-0.2, -0.15) is 0 Å². The number of aromatic nitrogens is 2. The summed E-state index contributed by atoms with van der Waals surface area (Å²) in [6.07, 6.45) is 0. The molecule has 1 aliphatic heterocycles. The predicted molar refractivity (Wildman–Crippen MR) is 125 cm³/mol. The van der Waals surface area contributed by atoms with Crippen LogP contribution in [0.2, 0.25) is 5.02 Å². The van der Waals surface area contributed by atoms with Crippen LogP contribution in [0, 0.1) is 6.92 Å². The smallest absolute Gasteiger partial charge is 0.320 e. The van der Waals surface area contributed by atoms with Crippen LogP contribution in [0.5, 0.6) is 0 Å². The maximum Gasteiger partial charge on any atom is 0.320 e.